The molecule has 0 bridgehead atoms. The fraction of sp³-hybridized carbons (Fsp3) is 0.286. The Hall–Kier alpha value is -1.39. The summed E-state index contributed by atoms with van der Waals surface area (Å²) in [5, 5.41) is 0.687. The molecule has 1 aromatic carbocycles. The summed E-state index contributed by atoms with van der Waals surface area (Å²) in [6.45, 7) is 4.00. The highest BCUT2D eigenvalue weighted by atomic mass is 35.5. The van der Waals surface area contributed by atoms with E-state index in [4.69, 9.17) is 23.2 Å². The molecule has 3 nitrogen and oxygen atoms in total. The van der Waals surface area contributed by atoms with Crippen molar-refractivity contribution in [3.05, 3.63) is 40.4 Å². The first-order valence-corrected chi connectivity index (χ1v) is 6.90. The van der Waals surface area contributed by atoms with Gasteiger partial charge in [0.15, 0.2) is 11.0 Å². The van der Waals surface area contributed by atoms with E-state index >= 15 is 0 Å². The number of anilines is 1. The van der Waals surface area contributed by atoms with Gasteiger partial charge in [-0.15, -0.1) is 0 Å². The third-order valence-electron chi connectivity index (χ3n) is 2.38. The second kappa shape index (κ2) is 7.41. The first-order valence-electron chi connectivity index (χ1n) is 6.14. The molecule has 20 heavy (non-hydrogen) atoms. The monoisotopic (exact) mass is 315 g/mol. The summed E-state index contributed by atoms with van der Waals surface area (Å²) in [6.07, 6.45) is 1.55. The van der Waals surface area contributed by atoms with E-state index in [2.05, 4.69) is 9.97 Å². The first-order chi connectivity index (χ1) is 9.49. The summed E-state index contributed by atoms with van der Waals surface area (Å²) < 4.78 is 13.7. The largest absolute Gasteiger partial charge is 0.374 e. The molecule has 0 aliphatic carbocycles. The van der Waals surface area contributed by atoms with Crippen LogP contribution in [-0.4, -0.2) is 24.1 Å². The fourth-order valence-electron chi connectivity index (χ4n) is 1.45. The maximum atomic E-state index is 13.7. The van der Waals surface area contributed by atoms with Crippen LogP contribution in [0.2, 0.25) is 10.2 Å². The molecule has 0 atom stereocenters. The van der Waals surface area contributed by atoms with E-state index in [1.54, 1.807) is 11.1 Å². The minimum absolute atomic E-state index is 0.214. The average molecular weight is 316 g/mol. The number of halogens is 3. The van der Waals surface area contributed by atoms with Crippen molar-refractivity contribution >= 4 is 28.9 Å². The standard InChI is InChI=1S/C12H10Cl2FN3.C2H6/c1-18(2)10-6-16-12(17-11(10)14)8-5-7(13)3-4-9(8)15;1-2/h3-6H,1-2H3;1-2H3. The molecule has 1 aromatic heterocycles. The number of nitrogens with zero attached hydrogens (tertiary/aromatic N) is 3. The van der Waals surface area contributed by atoms with E-state index in [0.29, 0.717) is 10.7 Å². The molecule has 0 saturated carbocycles. The van der Waals surface area contributed by atoms with E-state index < -0.39 is 5.82 Å². The van der Waals surface area contributed by atoms with Crippen LogP contribution in [-0.2, 0) is 0 Å². The van der Waals surface area contributed by atoms with E-state index in [1.807, 2.05) is 27.9 Å². The van der Waals surface area contributed by atoms with Gasteiger partial charge in [-0.25, -0.2) is 14.4 Å². The zero-order valence-corrected chi connectivity index (χ0v) is 13.3. The van der Waals surface area contributed by atoms with Crippen LogP contribution in [0.4, 0.5) is 10.1 Å². The molecule has 0 saturated heterocycles. The first kappa shape index (κ1) is 16.7. The molecular weight excluding hydrogens is 300 g/mol. The van der Waals surface area contributed by atoms with Crippen molar-refractivity contribution in [1.29, 1.82) is 0 Å². The zero-order chi connectivity index (χ0) is 15.3. The predicted octanol–water partition coefficient (Wildman–Crippen LogP) is 4.68. The molecule has 0 aliphatic rings. The molecule has 2 rings (SSSR count). The Bertz CT molecular complexity index is 589. The van der Waals surface area contributed by atoms with Crippen LogP contribution in [0.1, 0.15) is 13.8 Å². The van der Waals surface area contributed by atoms with Gasteiger partial charge in [0.05, 0.1) is 17.4 Å². The predicted molar refractivity (Wildman–Crippen MR) is 83.1 cm³/mol. The summed E-state index contributed by atoms with van der Waals surface area (Å²) in [6, 6.07) is 4.21. The highest BCUT2D eigenvalue weighted by Crippen LogP contribution is 2.27. The molecule has 0 fully saturated rings. The Morgan fingerprint density at radius 1 is 1.15 bits per heavy atom. The molecule has 0 N–H and O–H groups in total. The number of rotatable bonds is 2. The van der Waals surface area contributed by atoms with Crippen LogP contribution in [0.15, 0.2) is 24.4 Å². The third kappa shape index (κ3) is 3.81. The van der Waals surface area contributed by atoms with Crippen molar-refractivity contribution in [2.24, 2.45) is 0 Å². The van der Waals surface area contributed by atoms with Crippen molar-refractivity contribution in [3.8, 4) is 11.4 Å². The number of aromatic nitrogens is 2. The van der Waals surface area contributed by atoms with Crippen LogP contribution < -0.4 is 4.90 Å². The fourth-order valence-corrected chi connectivity index (χ4v) is 1.92. The van der Waals surface area contributed by atoms with Gasteiger partial charge in [-0.3, -0.25) is 0 Å². The Morgan fingerprint density at radius 3 is 2.35 bits per heavy atom. The van der Waals surface area contributed by atoms with Gasteiger partial charge < -0.3 is 4.90 Å². The molecule has 0 aliphatic heterocycles. The minimum Gasteiger partial charge on any atom is -0.374 e. The van der Waals surface area contributed by atoms with Gasteiger partial charge in [-0.05, 0) is 18.2 Å². The Kier molecular flexibility index (Phi) is 6.17. The lowest BCUT2D eigenvalue weighted by atomic mass is 10.2. The highest BCUT2D eigenvalue weighted by Gasteiger charge is 2.12. The number of benzene rings is 1. The van der Waals surface area contributed by atoms with Gasteiger partial charge in [0.2, 0.25) is 0 Å². The normalized spacial score (nSPS) is 9.75. The van der Waals surface area contributed by atoms with Crippen LogP contribution in [0, 0.1) is 5.82 Å². The Labute approximate surface area is 128 Å². The maximum Gasteiger partial charge on any atom is 0.164 e. The van der Waals surface area contributed by atoms with Gasteiger partial charge in [0.1, 0.15) is 5.82 Å². The molecule has 0 unspecified atom stereocenters. The maximum absolute atomic E-state index is 13.7. The summed E-state index contributed by atoms with van der Waals surface area (Å²) >= 11 is 11.8. The average Bonchev–Trinajstić information content (AvgIpc) is 2.43. The van der Waals surface area contributed by atoms with Crippen molar-refractivity contribution in [1.82, 2.24) is 9.97 Å². The van der Waals surface area contributed by atoms with Crippen molar-refractivity contribution in [3.63, 3.8) is 0 Å². The summed E-state index contributed by atoms with van der Waals surface area (Å²) in [7, 11) is 3.65. The van der Waals surface area contributed by atoms with Crippen LogP contribution in [0.5, 0.6) is 0 Å². The summed E-state index contributed by atoms with van der Waals surface area (Å²) in [5.41, 5.74) is 0.901. The van der Waals surface area contributed by atoms with Crippen molar-refractivity contribution in [2.75, 3.05) is 19.0 Å². The third-order valence-corrected chi connectivity index (χ3v) is 2.89. The second-order valence-electron chi connectivity index (χ2n) is 3.89. The van der Waals surface area contributed by atoms with Gasteiger partial charge in [0.25, 0.3) is 0 Å². The molecule has 0 radical (unpaired) electrons. The molecule has 0 amide bonds. The van der Waals surface area contributed by atoms with Gasteiger partial charge in [-0.1, -0.05) is 37.0 Å². The van der Waals surface area contributed by atoms with Crippen molar-refractivity contribution < 1.29 is 4.39 Å². The smallest absolute Gasteiger partial charge is 0.164 e. The minimum atomic E-state index is -0.437. The Balaban J connectivity index is 0.000000956. The van der Waals surface area contributed by atoms with Gasteiger partial charge >= 0.3 is 0 Å². The highest BCUT2D eigenvalue weighted by molar-refractivity contribution is 6.32. The molecule has 1 heterocycles. The lowest BCUT2D eigenvalue weighted by molar-refractivity contribution is 0.630. The molecule has 2 aromatic rings. The summed E-state index contributed by atoms with van der Waals surface area (Å²) in [5.74, 6) is -0.223. The quantitative estimate of drug-likeness (QED) is 0.753. The van der Waals surface area contributed by atoms with Gasteiger partial charge in [0, 0.05) is 19.1 Å². The number of hydrogen-bond donors (Lipinski definition) is 0. The molecular formula is C14H16Cl2FN3. The second-order valence-corrected chi connectivity index (χ2v) is 4.68. The SMILES string of the molecule is CC.CN(C)c1cnc(-c2cc(Cl)ccc2F)nc1Cl. The topological polar surface area (TPSA) is 29.0 Å². The van der Waals surface area contributed by atoms with E-state index in [-0.39, 0.29) is 16.5 Å². The molecule has 6 heteroatoms. The van der Waals surface area contributed by atoms with Crippen LogP contribution in [0.25, 0.3) is 11.4 Å². The van der Waals surface area contributed by atoms with Crippen molar-refractivity contribution in [2.45, 2.75) is 13.8 Å². The van der Waals surface area contributed by atoms with Crippen LogP contribution in [0.3, 0.4) is 0 Å². The Morgan fingerprint density at radius 2 is 1.80 bits per heavy atom. The van der Waals surface area contributed by atoms with E-state index in [0.717, 1.165) is 0 Å². The lowest BCUT2D eigenvalue weighted by Gasteiger charge is -2.13. The lowest BCUT2D eigenvalue weighted by Crippen LogP contribution is -2.10. The van der Waals surface area contributed by atoms with Crippen LogP contribution >= 0.6 is 23.2 Å². The van der Waals surface area contributed by atoms with E-state index in [9.17, 15) is 4.39 Å². The molecule has 108 valence electrons. The zero-order valence-electron chi connectivity index (χ0n) is 11.8. The molecule has 0 spiro atoms. The summed E-state index contributed by atoms with van der Waals surface area (Å²) in [4.78, 5) is 9.96. The van der Waals surface area contributed by atoms with E-state index in [1.165, 1.54) is 18.2 Å². The number of hydrogen-bond acceptors (Lipinski definition) is 3. The van der Waals surface area contributed by atoms with Gasteiger partial charge in [-0.2, -0.15) is 0 Å².